The van der Waals surface area contributed by atoms with Gasteiger partial charge in [-0.25, -0.2) is 0 Å². The molecular weight excluding hydrogens is 234 g/mol. The first-order chi connectivity index (χ1) is 8.99. The largest absolute Gasteiger partial charge is 0.300 e. The van der Waals surface area contributed by atoms with Gasteiger partial charge in [0.15, 0.2) is 0 Å². The van der Waals surface area contributed by atoms with Gasteiger partial charge in [-0.2, -0.15) is 0 Å². The van der Waals surface area contributed by atoms with Crippen molar-refractivity contribution >= 4 is 5.78 Å². The smallest absolute Gasteiger partial charge is 0.133 e. The van der Waals surface area contributed by atoms with Gasteiger partial charge in [-0.1, -0.05) is 12.1 Å². The molecule has 0 amide bonds. The average Bonchev–Trinajstić information content (AvgIpc) is 2.40. The highest BCUT2D eigenvalue weighted by Crippen LogP contribution is 2.23. The van der Waals surface area contributed by atoms with Gasteiger partial charge in [-0.3, -0.25) is 9.69 Å². The minimum absolute atomic E-state index is 0.437. The third-order valence-corrected chi connectivity index (χ3v) is 4.73. The Labute approximate surface area is 116 Å². The lowest BCUT2D eigenvalue weighted by Crippen LogP contribution is -2.35. The summed E-state index contributed by atoms with van der Waals surface area (Å²) in [6, 6.07) is 5.04. The van der Waals surface area contributed by atoms with E-state index in [-0.39, 0.29) is 0 Å². The van der Waals surface area contributed by atoms with Gasteiger partial charge in [0.2, 0.25) is 0 Å². The Hall–Kier alpha value is -1.15. The lowest BCUT2D eigenvalue weighted by molar-refractivity contribution is -0.121. The van der Waals surface area contributed by atoms with Gasteiger partial charge >= 0.3 is 0 Å². The highest BCUT2D eigenvalue weighted by Gasteiger charge is 2.22. The molecule has 2 heteroatoms. The van der Waals surface area contributed by atoms with Crippen LogP contribution in [0.25, 0.3) is 0 Å². The van der Waals surface area contributed by atoms with Gasteiger partial charge in [-0.15, -0.1) is 0 Å². The second-order valence-corrected chi connectivity index (χ2v) is 5.98. The number of hydrogen-bond acceptors (Lipinski definition) is 2. The van der Waals surface area contributed by atoms with Crippen LogP contribution in [-0.2, 0) is 11.3 Å². The first-order valence-corrected chi connectivity index (χ1v) is 7.26. The molecule has 1 aliphatic rings. The van der Waals surface area contributed by atoms with Crippen LogP contribution in [-0.4, -0.2) is 23.8 Å². The number of nitrogens with zero attached hydrogens (tertiary/aromatic N) is 1. The summed E-state index contributed by atoms with van der Waals surface area (Å²) >= 11 is 0. The molecule has 0 radical (unpaired) electrons. The molecule has 0 spiro atoms. The second kappa shape index (κ2) is 5.87. The summed E-state index contributed by atoms with van der Waals surface area (Å²) in [4.78, 5) is 13.7. The molecule has 104 valence electrons. The average molecular weight is 259 g/mol. The van der Waals surface area contributed by atoms with Gasteiger partial charge in [-0.05, 0) is 62.9 Å². The van der Waals surface area contributed by atoms with E-state index < -0.39 is 0 Å². The standard InChI is InChI=1S/C17H25NO/c1-12-5-6-15(14(3)13(12)2)11-18(4)16-7-9-17(19)10-8-16/h5-6,16H,7-11H2,1-4H3. The van der Waals surface area contributed by atoms with Crippen molar-refractivity contribution in [3.8, 4) is 0 Å². The first kappa shape index (κ1) is 14.3. The predicted octanol–water partition coefficient (Wildman–Crippen LogP) is 3.56. The number of carbonyl (C=O) groups excluding carboxylic acids is 1. The number of rotatable bonds is 3. The highest BCUT2D eigenvalue weighted by molar-refractivity contribution is 5.79. The molecule has 1 aromatic carbocycles. The van der Waals surface area contributed by atoms with Crippen LogP contribution in [0.3, 0.4) is 0 Å². The van der Waals surface area contributed by atoms with Crippen molar-refractivity contribution in [2.45, 2.75) is 59.0 Å². The fourth-order valence-corrected chi connectivity index (χ4v) is 2.95. The monoisotopic (exact) mass is 259 g/mol. The molecule has 0 N–H and O–H groups in total. The van der Waals surface area contributed by atoms with Crippen LogP contribution >= 0.6 is 0 Å². The Morgan fingerprint density at radius 3 is 2.37 bits per heavy atom. The third-order valence-electron chi connectivity index (χ3n) is 4.73. The molecule has 2 nitrogen and oxygen atoms in total. The molecule has 19 heavy (non-hydrogen) atoms. The maximum atomic E-state index is 11.3. The zero-order valence-electron chi connectivity index (χ0n) is 12.6. The first-order valence-electron chi connectivity index (χ1n) is 7.26. The van der Waals surface area contributed by atoms with Crippen LogP contribution in [0.2, 0.25) is 0 Å². The molecule has 1 aliphatic carbocycles. The number of Topliss-reactive ketones (excluding diaryl/α,β-unsaturated/α-hetero) is 1. The maximum absolute atomic E-state index is 11.3. The number of ketones is 1. The lowest BCUT2D eigenvalue weighted by Gasteiger charge is -2.31. The fraction of sp³-hybridized carbons (Fsp3) is 0.588. The van der Waals surface area contributed by atoms with E-state index in [0.29, 0.717) is 11.8 Å². The zero-order valence-corrected chi connectivity index (χ0v) is 12.6. The molecule has 1 saturated carbocycles. The molecule has 1 fully saturated rings. The molecule has 0 unspecified atom stereocenters. The van der Waals surface area contributed by atoms with Crippen molar-refractivity contribution < 1.29 is 4.79 Å². The van der Waals surface area contributed by atoms with Crippen LogP contribution in [0.4, 0.5) is 0 Å². The van der Waals surface area contributed by atoms with Crippen LogP contribution in [0.5, 0.6) is 0 Å². The molecule has 2 rings (SSSR count). The highest BCUT2D eigenvalue weighted by atomic mass is 16.1. The quantitative estimate of drug-likeness (QED) is 0.827. The number of benzene rings is 1. The van der Waals surface area contributed by atoms with E-state index in [9.17, 15) is 4.79 Å². The molecule has 0 heterocycles. The van der Waals surface area contributed by atoms with E-state index in [1.807, 2.05) is 0 Å². The minimum Gasteiger partial charge on any atom is -0.300 e. The third kappa shape index (κ3) is 3.24. The SMILES string of the molecule is Cc1ccc(CN(C)C2CCC(=O)CC2)c(C)c1C. The zero-order chi connectivity index (χ0) is 14.0. The van der Waals surface area contributed by atoms with E-state index in [1.165, 1.54) is 22.3 Å². The molecule has 1 aromatic rings. The van der Waals surface area contributed by atoms with Crippen LogP contribution in [0, 0.1) is 20.8 Å². The second-order valence-electron chi connectivity index (χ2n) is 5.98. The van der Waals surface area contributed by atoms with Crippen molar-refractivity contribution in [1.82, 2.24) is 4.90 Å². The number of hydrogen-bond donors (Lipinski definition) is 0. The van der Waals surface area contributed by atoms with E-state index in [0.717, 1.165) is 32.2 Å². The van der Waals surface area contributed by atoms with Gasteiger partial charge < -0.3 is 0 Å². The molecule has 0 saturated heterocycles. The van der Waals surface area contributed by atoms with Crippen LogP contribution in [0.1, 0.15) is 47.9 Å². The lowest BCUT2D eigenvalue weighted by atomic mass is 9.92. The molecule has 0 atom stereocenters. The molecule has 0 aliphatic heterocycles. The Bertz CT molecular complexity index is 468. The Morgan fingerprint density at radius 1 is 1.11 bits per heavy atom. The van der Waals surface area contributed by atoms with Crippen molar-refractivity contribution in [3.05, 3.63) is 34.4 Å². The van der Waals surface area contributed by atoms with E-state index >= 15 is 0 Å². The van der Waals surface area contributed by atoms with Gasteiger partial charge in [0.1, 0.15) is 5.78 Å². The van der Waals surface area contributed by atoms with Crippen LogP contribution < -0.4 is 0 Å². The molecule has 0 bridgehead atoms. The van der Waals surface area contributed by atoms with Gasteiger partial charge in [0.25, 0.3) is 0 Å². The summed E-state index contributed by atoms with van der Waals surface area (Å²) in [5.41, 5.74) is 5.61. The summed E-state index contributed by atoms with van der Waals surface area (Å²) in [7, 11) is 2.19. The molecule has 0 aromatic heterocycles. The summed E-state index contributed by atoms with van der Waals surface area (Å²) in [6.07, 6.45) is 3.58. The van der Waals surface area contributed by atoms with Crippen molar-refractivity contribution in [3.63, 3.8) is 0 Å². The topological polar surface area (TPSA) is 20.3 Å². The Morgan fingerprint density at radius 2 is 1.74 bits per heavy atom. The summed E-state index contributed by atoms with van der Waals surface area (Å²) in [6.45, 7) is 7.58. The van der Waals surface area contributed by atoms with Crippen molar-refractivity contribution in [2.75, 3.05) is 7.05 Å². The maximum Gasteiger partial charge on any atom is 0.133 e. The van der Waals surface area contributed by atoms with Crippen molar-refractivity contribution in [1.29, 1.82) is 0 Å². The van der Waals surface area contributed by atoms with Crippen molar-refractivity contribution in [2.24, 2.45) is 0 Å². The minimum atomic E-state index is 0.437. The van der Waals surface area contributed by atoms with E-state index in [2.05, 4.69) is 44.9 Å². The summed E-state index contributed by atoms with van der Waals surface area (Å²) in [5.74, 6) is 0.437. The Balaban J connectivity index is 2.05. The summed E-state index contributed by atoms with van der Waals surface area (Å²) in [5, 5.41) is 0. The number of aryl methyl sites for hydroxylation is 1. The Kier molecular flexibility index (Phi) is 4.41. The summed E-state index contributed by atoms with van der Waals surface area (Å²) < 4.78 is 0. The van der Waals surface area contributed by atoms with E-state index in [4.69, 9.17) is 0 Å². The fourth-order valence-electron chi connectivity index (χ4n) is 2.95. The molecular formula is C17H25NO. The normalized spacial score (nSPS) is 17.2. The van der Waals surface area contributed by atoms with Gasteiger partial charge in [0, 0.05) is 25.4 Å². The predicted molar refractivity (Wildman–Crippen MR) is 79.4 cm³/mol. The number of carbonyl (C=O) groups is 1. The van der Waals surface area contributed by atoms with E-state index in [1.54, 1.807) is 0 Å². The van der Waals surface area contributed by atoms with Crippen LogP contribution in [0.15, 0.2) is 12.1 Å². The van der Waals surface area contributed by atoms with Gasteiger partial charge in [0.05, 0.1) is 0 Å².